The monoisotopic (exact) mass is 241 g/mol. The minimum Gasteiger partial charge on any atom is -0.494 e. The lowest BCUT2D eigenvalue weighted by molar-refractivity contribution is -0.234. The number of hydrogen-bond acceptors (Lipinski definition) is 5. The van der Waals surface area contributed by atoms with Crippen LogP contribution < -0.4 is 0 Å². The third kappa shape index (κ3) is 2.08. The van der Waals surface area contributed by atoms with Crippen LogP contribution in [0.4, 0.5) is 0 Å². The van der Waals surface area contributed by atoms with E-state index in [2.05, 4.69) is 4.89 Å². The highest BCUT2D eigenvalue weighted by molar-refractivity contribution is 5.68. The van der Waals surface area contributed by atoms with Gasteiger partial charge in [-0.2, -0.15) is 5.26 Å². The first-order valence-corrected chi connectivity index (χ1v) is 5.61. The minimum atomic E-state index is -0.796. The summed E-state index contributed by atoms with van der Waals surface area (Å²) in [6.07, 6.45) is 3.36. The van der Waals surface area contributed by atoms with Gasteiger partial charge in [0, 0.05) is 17.7 Å². The van der Waals surface area contributed by atoms with Crippen LogP contribution >= 0.6 is 0 Å². The molecule has 0 aromatic carbocycles. The highest BCUT2D eigenvalue weighted by Gasteiger charge is 2.24. The SMILES string of the molecule is O=C(CCn1c(O)c2c(c1O)CCCC2)OO. The van der Waals surface area contributed by atoms with E-state index in [1.165, 1.54) is 4.57 Å². The Hall–Kier alpha value is -1.69. The second-order valence-corrected chi connectivity index (χ2v) is 4.18. The third-order valence-corrected chi connectivity index (χ3v) is 3.16. The Labute approximate surface area is 98.0 Å². The second-order valence-electron chi connectivity index (χ2n) is 4.18. The molecule has 1 aromatic heterocycles. The van der Waals surface area contributed by atoms with Crippen molar-refractivity contribution < 1.29 is 25.2 Å². The van der Waals surface area contributed by atoms with Crippen molar-refractivity contribution in [2.24, 2.45) is 0 Å². The van der Waals surface area contributed by atoms with Crippen molar-refractivity contribution >= 4 is 5.97 Å². The van der Waals surface area contributed by atoms with Crippen LogP contribution in [0.5, 0.6) is 11.8 Å². The van der Waals surface area contributed by atoms with E-state index in [0.717, 1.165) is 36.8 Å². The summed E-state index contributed by atoms with van der Waals surface area (Å²) >= 11 is 0. The first-order chi connectivity index (χ1) is 8.15. The van der Waals surface area contributed by atoms with Gasteiger partial charge in [0.15, 0.2) is 11.8 Å². The average Bonchev–Trinajstić information content (AvgIpc) is 2.60. The molecule has 0 amide bonds. The minimum absolute atomic E-state index is 0.0166. The van der Waals surface area contributed by atoms with Crippen LogP contribution in [-0.2, 0) is 29.1 Å². The van der Waals surface area contributed by atoms with E-state index in [1.807, 2.05) is 0 Å². The zero-order chi connectivity index (χ0) is 12.4. The van der Waals surface area contributed by atoms with Crippen LogP contribution in [0.15, 0.2) is 0 Å². The number of carbonyl (C=O) groups excluding carboxylic acids is 1. The second kappa shape index (κ2) is 4.67. The lowest BCUT2D eigenvalue weighted by Gasteiger charge is -2.09. The van der Waals surface area contributed by atoms with Gasteiger partial charge >= 0.3 is 5.97 Å². The fourth-order valence-corrected chi connectivity index (χ4v) is 2.29. The number of carbonyl (C=O) groups is 1. The molecule has 17 heavy (non-hydrogen) atoms. The van der Waals surface area contributed by atoms with E-state index in [-0.39, 0.29) is 24.7 Å². The molecule has 0 bridgehead atoms. The molecular weight excluding hydrogens is 226 g/mol. The molecule has 0 spiro atoms. The molecule has 0 aliphatic heterocycles. The van der Waals surface area contributed by atoms with Crippen LogP contribution in [-0.4, -0.2) is 26.0 Å². The van der Waals surface area contributed by atoms with E-state index in [1.54, 1.807) is 0 Å². The topological polar surface area (TPSA) is 91.9 Å². The fraction of sp³-hybridized carbons (Fsp3) is 0.545. The van der Waals surface area contributed by atoms with Gasteiger partial charge in [-0.05, 0) is 25.7 Å². The molecule has 3 N–H and O–H groups in total. The highest BCUT2D eigenvalue weighted by Crippen LogP contribution is 2.38. The third-order valence-electron chi connectivity index (χ3n) is 3.16. The maximum absolute atomic E-state index is 10.8. The first-order valence-electron chi connectivity index (χ1n) is 5.61. The first kappa shape index (κ1) is 11.8. The highest BCUT2D eigenvalue weighted by atomic mass is 17.1. The molecule has 1 aliphatic rings. The van der Waals surface area contributed by atoms with Gasteiger partial charge in [0.25, 0.3) is 0 Å². The summed E-state index contributed by atoms with van der Waals surface area (Å²) in [5.74, 6) is -0.763. The summed E-state index contributed by atoms with van der Waals surface area (Å²) < 4.78 is 1.28. The molecule has 0 unspecified atom stereocenters. The van der Waals surface area contributed by atoms with Gasteiger partial charge in [-0.15, -0.1) is 0 Å². The van der Waals surface area contributed by atoms with Crippen LogP contribution in [0.25, 0.3) is 0 Å². The summed E-state index contributed by atoms with van der Waals surface area (Å²) in [4.78, 5) is 14.3. The molecule has 0 fully saturated rings. The molecule has 1 aliphatic carbocycles. The number of hydrogen-bond donors (Lipinski definition) is 3. The van der Waals surface area contributed by atoms with Crippen molar-refractivity contribution in [2.45, 2.75) is 38.6 Å². The van der Waals surface area contributed by atoms with Crippen molar-refractivity contribution in [1.29, 1.82) is 0 Å². The zero-order valence-corrected chi connectivity index (χ0v) is 9.35. The maximum atomic E-state index is 10.8. The van der Waals surface area contributed by atoms with Gasteiger partial charge in [-0.25, -0.2) is 4.79 Å². The van der Waals surface area contributed by atoms with Crippen LogP contribution in [0.2, 0.25) is 0 Å². The summed E-state index contributed by atoms with van der Waals surface area (Å²) in [7, 11) is 0. The summed E-state index contributed by atoms with van der Waals surface area (Å²) in [5, 5.41) is 28.0. The Morgan fingerprint density at radius 3 is 2.18 bits per heavy atom. The zero-order valence-electron chi connectivity index (χ0n) is 9.35. The fourth-order valence-electron chi connectivity index (χ4n) is 2.29. The largest absolute Gasteiger partial charge is 0.494 e. The molecule has 6 heteroatoms. The molecule has 94 valence electrons. The normalized spacial score (nSPS) is 14.4. The van der Waals surface area contributed by atoms with Crippen molar-refractivity contribution in [2.75, 3.05) is 0 Å². The number of nitrogens with zero attached hydrogens (tertiary/aromatic N) is 1. The number of aromatic nitrogens is 1. The summed E-state index contributed by atoms with van der Waals surface area (Å²) in [6.45, 7) is 0.0874. The van der Waals surface area contributed by atoms with Gasteiger partial charge in [0.1, 0.15) is 0 Å². The molecule has 0 atom stereocenters. The predicted molar refractivity (Wildman–Crippen MR) is 57.7 cm³/mol. The number of fused-ring (bicyclic) bond motifs is 1. The molecule has 1 aromatic rings. The Kier molecular flexibility index (Phi) is 3.23. The molecule has 0 saturated carbocycles. The summed E-state index contributed by atoms with van der Waals surface area (Å²) in [6, 6.07) is 0. The van der Waals surface area contributed by atoms with Crippen molar-refractivity contribution in [3.8, 4) is 11.8 Å². The van der Waals surface area contributed by atoms with Crippen LogP contribution in [0.1, 0.15) is 30.4 Å². The van der Waals surface area contributed by atoms with Gasteiger partial charge in [0.05, 0.1) is 6.42 Å². The van der Waals surface area contributed by atoms with Crippen molar-refractivity contribution in [1.82, 2.24) is 4.57 Å². The predicted octanol–water partition coefficient (Wildman–Crippen LogP) is 1.18. The van der Waals surface area contributed by atoms with Gasteiger partial charge in [-0.1, -0.05) is 0 Å². The molecule has 0 saturated heterocycles. The standard InChI is InChI=1S/C11H15NO5/c13-9(17-16)5-6-12-10(14)7-3-1-2-4-8(7)11(12)15/h14-16H,1-6H2. The van der Waals surface area contributed by atoms with E-state index in [4.69, 9.17) is 5.26 Å². The Morgan fingerprint density at radius 1 is 1.18 bits per heavy atom. The van der Waals surface area contributed by atoms with E-state index in [9.17, 15) is 15.0 Å². The Balaban J connectivity index is 2.22. The van der Waals surface area contributed by atoms with Crippen LogP contribution in [0, 0.1) is 0 Å². The smallest absolute Gasteiger partial charge is 0.343 e. The van der Waals surface area contributed by atoms with Gasteiger partial charge < -0.3 is 15.1 Å². The number of rotatable bonds is 3. The van der Waals surface area contributed by atoms with E-state index < -0.39 is 5.97 Å². The summed E-state index contributed by atoms with van der Waals surface area (Å²) in [5.41, 5.74) is 1.54. The molecule has 1 heterocycles. The lowest BCUT2D eigenvalue weighted by atomic mass is 9.95. The molecule has 2 rings (SSSR count). The van der Waals surface area contributed by atoms with E-state index >= 15 is 0 Å². The maximum Gasteiger partial charge on any atom is 0.343 e. The quantitative estimate of drug-likeness (QED) is 0.546. The van der Waals surface area contributed by atoms with Crippen molar-refractivity contribution in [3.05, 3.63) is 11.1 Å². The average molecular weight is 241 g/mol. The van der Waals surface area contributed by atoms with E-state index in [0.29, 0.717) is 0 Å². The molecule has 0 radical (unpaired) electrons. The molecular formula is C11H15NO5. The van der Waals surface area contributed by atoms with Gasteiger partial charge in [-0.3, -0.25) is 4.57 Å². The Morgan fingerprint density at radius 2 is 1.71 bits per heavy atom. The van der Waals surface area contributed by atoms with Gasteiger partial charge in [0.2, 0.25) is 0 Å². The van der Waals surface area contributed by atoms with Crippen LogP contribution in [0.3, 0.4) is 0 Å². The number of aromatic hydroxyl groups is 2. The molecule has 6 nitrogen and oxygen atoms in total. The lowest BCUT2D eigenvalue weighted by Crippen LogP contribution is -2.06. The Bertz CT molecular complexity index is 408. The van der Waals surface area contributed by atoms with Crippen molar-refractivity contribution in [3.63, 3.8) is 0 Å².